The van der Waals surface area contributed by atoms with Gasteiger partial charge in [0.1, 0.15) is 12.1 Å². The lowest BCUT2D eigenvalue weighted by Gasteiger charge is -2.22. The first-order chi connectivity index (χ1) is 13.1. The van der Waals surface area contributed by atoms with Crippen LogP contribution in [0.2, 0.25) is 0 Å². The second-order valence-corrected chi connectivity index (χ2v) is 6.03. The molecule has 0 radical (unpaired) electrons. The highest BCUT2D eigenvalue weighted by Gasteiger charge is 2.29. The van der Waals surface area contributed by atoms with Gasteiger partial charge in [0.05, 0.1) is 18.9 Å². The summed E-state index contributed by atoms with van der Waals surface area (Å²) >= 11 is 0. The topological polar surface area (TPSA) is 202 Å². The SMILES string of the molecule is NC(=O)CC(N)C(=O)NC(Cc1ccccc1)C(=O)NC(CC(=O)O)C(=O)O. The van der Waals surface area contributed by atoms with Crippen molar-refractivity contribution in [1.29, 1.82) is 0 Å². The number of hydrogen-bond acceptors (Lipinski definition) is 6. The molecule has 0 spiro atoms. The highest BCUT2D eigenvalue weighted by atomic mass is 16.4. The molecule has 0 aliphatic carbocycles. The predicted molar refractivity (Wildman–Crippen MR) is 95.7 cm³/mol. The van der Waals surface area contributed by atoms with Crippen molar-refractivity contribution in [2.75, 3.05) is 0 Å². The van der Waals surface area contributed by atoms with Crippen LogP contribution in [-0.2, 0) is 30.4 Å². The molecule has 0 saturated heterocycles. The molecule has 0 heterocycles. The zero-order chi connectivity index (χ0) is 21.3. The number of nitrogens with one attached hydrogen (secondary N) is 2. The zero-order valence-electron chi connectivity index (χ0n) is 14.8. The number of amides is 3. The van der Waals surface area contributed by atoms with Crippen molar-refractivity contribution in [3.8, 4) is 0 Å². The normalized spacial score (nSPS) is 13.6. The molecule has 0 saturated carbocycles. The molecule has 3 unspecified atom stereocenters. The van der Waals surface area contributed by atoms with Crippen molar-refractivity contribution in [1.82, 2.24) is 10.6 Å². The Labute approximate surface area is 160 Å². The van der Waals surface area contributed by atoms with Gasteiger partial charge in [0, 0.05) is 6.42 Å². The number of carbonyl (C=O) groups is 5. The van der Waals surface area contributed by atoms with Crippen LogP contribution in [0.4, 0.5) is 0 Å². The molecule has 3 atom stereocenters. The van der Waals surface area contributed by atoms with Crippen molar-refractivity contribution in [2.24, 2.45) is 11.5 Å². The number of nitrogens with two attached hydrogens (primary N) is 2. The molecule has 0 aliphatic rings. The summed E-state index contributed by atoms with van der Waals surface area (Å²) in [6, 6.07) is 4.29. The van der Waals surface area contributed by atoms with Crippen molar-refractivity contribution in [3.05, 3.63) is 35.9 Å². The van der Waals surface area contributed by atoms with Crippen molar-refractivity contribution in [2.45, 2.75) is 37.4 Å². The minimum atomic E-state index is -1.68. The number of carbonyl (C=O) groups excluding carboxylic acids is 3. The van der Waals surface area contributed by atoms with E-state index in [1.807, 2.05) is 0 Å². The van der Waals surface area contributed by atoms with E-state index < -0.39 is 60.6 Å². The van der Waals surface area contributed by atoms with Crippen LogP contribution in [0.5, 0.6) is 0 Å². The second-order valence-electron chi connectivity index (χ2n) is 6.03. The minimum Gasteiger partial charge on any atom is -0.481 e. The van der Waals surface area contributed by atoms with Crippen molar-refractivity contribution in [3.63, 3.8) is 0 Å². The number of primary amides is 1. The van der Waals surface area contributed by atoms with E-state index in [9.17, 15) is 24.0 Å². The maximum absolute atomic E-state index is 12.5. The number of carboxylic acid groups (broad SMARTS) is 2. The Morgan fingerprint density at radius 3 is 1.96 bits per heavy atom. The van der Waals surface area contributed by atoms with Crippen LogP contribution in [-0.4, -0.2) is 58.0 Å². The first-order valence-electron chi connectivity index (χ1n) is 8.23. The Kier molecular flexibility index (Phi) is 8.56. The second kappa shape index (κ2) is 10.6. The van der Waals surface area contributed by atoms with Gasteiger partial charge in [-0.05, 0) is 5.56 Å². The standard InChI is InChI=1S/C17H22N4O7/c18-10(7-13(19)22)15(25)20-11(6-9-4-2-1-3-5-9)16(26)21-12(17(27)28)8-14(23)24/h1-5,10-12H,6-8,18H2,(H2,19,22)(H,20,25)(H,21,26)(H,23,24)(H,27,28). The van der Waals surface area contributed by atoms with Gasteiger partial charge in [-0.25, -0.2) is 4.79 Å². The Balaban J connectivity index is 2.96. The van der Waals surface area contributed by atoms with E-state index in [-0.39, 0.29) is 6.42 Å². The summed E-state index contributed by atoms with van der Waals surface area (Å²) in [5.74, 6) is -5.50. The Bertz CT molecular complexity index is 738. The summed E-state index contributed by atoms with van der Waals surface area (Å²) in [4.78, 5) is 57.5. The summed E-state index contributed by atoms with van der Waals surface area (Å²) in [6.07, 6.45) is -1.29. The fourth-order valence-corrected chi connectivity index (χ4v) is 2.29. The summed E-state index contributed by atoms with van der Waals surface area (Å²) in [5, 5.41) is 22.3. The first-order valence-corrected chi connectivity index (χ1v) is 8.23. The molecule has 11 heteroatoms. The maximum Gasteiger partial charge on any atom is 0.326 e. The van der Waals surface area contributed by atoms with Crippen molar-refractivity contribution >= 4 is 29.7 Å². The monoisotopic (exact) mass is 394 g/mol. The third-order valence-electron chi connectivity index (χ3n) is 3.67. The van der Waals surface area contributed by atoms with E-state index in [0.717, 1.165) is 0 Å². The lowest BCUT2D eigenvalue weighted by atomic mass is 10.0. The van der Waals surface area contributed by atoms with Gasteiger partial charge in [0.25, 0.3) is 0 Å². The Hall–Kier alpha value is -3.47. The fraction of sp³-hybridized carbons (Fsp3) is 0.353. The summed E-state index contributed by atoms with van der Waals surface area (Å²) < 4.78 is 0. The summed E-state index contributed by atoms with van der Waals surface area (Å²) in [5.41, 5.74) is 11.2. The van der Waals surface area contributed by atoms with E-state index in [0.29, 0.717) is 5.56 Å². The molecular weight excluding hydrogens is 372 g/mol. The van der Waals surface area contributed by atoms with Crippen molar-refractivity contribution < 1.29 is 34.2 Å². The van der Waals surface area contributed by atoms with E-state index in [2.05, 4.69) is 10.6 Å². The molecule has 152 valence electrons. The number of rotatable bonds is 11. The quantitative estimate of drug-likeness (QED) is 0.246. The minimum absolute atomic E-state index is 0.0128. The van der Waals surface area contributed by atoms with Gasteiger partial charge in [-0.15, -0.1) is 0 Å². The first kappa shape index (κ1) is 22.6. The molecule has 0 aliphatic heterocycles. The van der Waals surface area contributed by atoms with Crippen LogP contribution >= 0.6 is 0 Å². The van der Waals surface area contributed by atoms with Crippen LogP contribution in [0.25, 0.3) is 0 Å². The Morgan fingerprint density at radius 2 is 1.46 bits per heavy atom. The lowest BCUT2D eigenvalue weighted by Crippen LogP contribution is -2.55. The van der Waals surface area contributed by atoms with Gasteiger partial charge in [-0.1, -0.05) is 30.3 Å². The van der Waals surface area contributed by atoms with Crippen LogP contribution in [0.1, 0.15) is 18.4 Å². The number of carboxylic acids is 2. The smallest absolute Gasteiger partial charge is 0.326 e. The molecule has 11 nitrogen and oxygen atoms in total. The molecule has 1 aromatic rings. The molecule has 0 fully saturated rings. The van der Waals surface area contributed by atoms with E-state index in [1.165, 1.54) is 0 Å². The number of benzene rings is 1. The predicted octanol–water partition coefficient (Wildman–Crippen LogP) is -2.04. The van der Waals surface area contributed by atoms with Gasteiger partial charge < -0.3 is 32.3 Å². The van der Waals surface area contributed by atoms with Gasteiger partial charge >= 0.3 is 11.9 Å². The molecule has 8 N–H and O–H groups in total. The van der Waals surface area contributed by atoms with Gasteiger partial charge in [-0.3, -0.25) is 19.2 Å². The molecule has 0 aromatic heterocycles. The van der Waals surface area contributed by atoms with Crippen LogP contribution in [0, 0.1) is 0 Å². The molecule has 1 rings (SSSR count). The fourth-order valence-electron chi connectivity index (χ4n) is 2.29. The van der Waals surface area contributed by atoms with E-state index in [4.69, 9.17) is 21.7 Å². The summed E-state index contributed by atoms with van der Waals surface area (Å²) in [6.45, 7) is 0. The van der Waals surface area contributed by atoms with Crippen LogP contribution in [0.15, 0.2) is 30.3 Å². The highest BCUT2D eigenvalue weighted by Crippen LogP contribution is 2.05. The van der Waals surface area contributed by atoms with Gasteiger partial charge in [0.2, 0.25) is 17.7 Å². The third kappa shape index (κ3) is 7.83. The highest BCUT2D eigenvalue weighted by molar-refractivity contribution is 5.94. The largest absolute Gasteiger partial charge is 0.481 e. The third-order valence-corrected chi connectivity index (χ3v) is 3.67. The van der Waals surface area contributed by atoms with Crippen LogP contribution in [0.3, 0.4) is 0 Å². The lowest BCUT2D eigenvalue weighted by molar-refractivity contribution is -0.147. The van der Waals surface area contributed by atoms with Crippen LogP contribution < -0.4 is 22.1 Å². The Morgan fingerprint density at radius 1 is 0.893 bits per heavy atom. The van der Waals surface area contributed by atoms with E-state index in [1.54, 1.807) is 30.3 Å². The number of hydrogen-bond donors (Lipinski definition) is 6. The van der Waals surface area contributed by atoms with Gasteiger partial charge in [-0.2, -0.15) is 0 Å². The molecule has 1 aromatic carbocycles. The molecular formula is C17H22N4O7. The maximum atomic E-state index is 12.5. The number of aliphatic carboxylic acids is 2. The molecule has 3 amide bonds. The van der Waals surface area contributed by atoms with Gasteiger partial charge in [0.15, 0.2) is 0 Å². The van der Waals surface area contributed by atoms with E-state index >= 15 is 0 Å². The average molecular weight is 394 g/mol. The summed E-state index contributed by atoms with van der Waals surface area (Å²) in [7, 11) is 0. The molecule has 0 bridgehead atoms. The zero-order valence-corrected chi connectivity index (χ0v) is 14.8. The average Bonchev–Trinajstić information content (AvgIpc) is 2.60. The molecule has 28 heavy (non-hydrogen) atoms.